The van der Waals surface area contributed by atoms with Gasteiger partial charge in [-0.3, -0.25) is 4.99 Å². The van der Waals surface area contributed by atoms with E-state index >= 15 is 0 Å². The first-order chi connectivity index (χ1) is 11.9. The van der Waals surface area contributed by atoms with Gasteiger partial charge >= 0.3 is 0 Å². The highest BCUT2D eigenvalue weighted by molar-refractivity contribution is 6.29. The number of nitrogens with zero attached hydrogens (tertiary/aromatic N) is 2. The first-order valence-corrected chi connectivity index (χ1v) is 8.60. The van der Waals surface area contributed by atoms with E-state index in [-0.39, 0.29) is 11.2 Å². The van der Waals surface area contributed by atoms with Gasteiger partial charge in [-0.1, -0.05) is 49.7 Å². The highest BCUT2D eigenvalue weighted by Gasteiger charge is 2.24. The van der Waals surface area contributed by atoms with Crippen LogP contribution in [0.25, 0.3) is 0 Å². The Labute approximate surface area is 153 Å². The fraction of sp³-hybridized carbons (Fsp3) is 0.368. The zero-order valence-electron chi connectivity index (χ0n) is 14.8. The Morgan fingerprint density at radius 1 is 1.20 bits per heavy atom. The summed E-state index contributed by atoms with van der Waals surface area (Å²) in [4.78, 5) is 8.28. The van der Waals surface area contributed by atoms with Crippen LogP contribution in [0.2, 0.25) is 5.15 Å². The maximum atomic E-state index is 14.0. The van der Waals surface area contributed by atoms with E-state index in [1.165, 1.54) is 6.07 Å². The third-order valence-electron chi connectivity index (χ3n) is 4.02. The van der Waals surface area contributed by atoms with Gasteiger partial charge in [0.1, 0.15) is 11.0 Å². The first kappa shape index (κ1) is 19.2. The van der Waals surface area contributed by atoms with Gasteiger partial charge in [0, 0.05) is 31.7 Å². The van der Waals surface area contributed by atoms with E-state index in [4.69, 9.17) is 11.6 Å². The number of aromatic nitrogens is 1. The Kier molecular flexibility index (Phi) is 6.76. The van der Waals surface area contributed by atoms with Gasteiger partial charge in [0.15, 0.2) is 5.96 Å². The molecule has 0 fully saturated rings. The Hall–Kier alpha value is -2.14. The van der Waals surface area contributed by atoms with E-state index in [2.05, 4.69) is 20.6 Å². The van der Waals surface area contributed by atoms with Crippen LogP contribution in [0.15, 0.2) is 47.6 Å². The minimum atomic E-state index is -0.358. The summed E-state index contributed by atoms with van der Waals surface area (Å²) in [5, 5.41) is 7.01. The minimum Gasteiger partial charge on any atom is -0.356 e. The summed E-state index contributed by atoms with van der Waals surface area (Å²) in [7, 11) is 1.72. The highest BCUT2D eigenvalue weighted by atomic mass is 35.5. The lowest BCUT2D eigenvalue weighted by Gasteiger charge is -2.27. The molecule has 1 heterocycles. The number of rotatable bonds is 6. The molecule has 134 valence electrons. The van der Waals surface area contributed by atoms with Crippen LogP contribution in [0.3, 0.4) is 0 Å². The van der Waals surface area contributed by atoms with Crippen LogP contribution in [0.4, 0.5) is 4.39 Å². The molecule has 2 aromatic rings. The molecule has 0 aliphatic rings. The van der Waals surface area contributed by atoms with E-state index in [1.807, 2.05) is 32.0 Å². The zero-order chi connectivity index (χ0) is 18.3. The summed E-state index contributed by atoms with van der Waals surface area (Å²) >= 11 is 5.78. The van der Waals surface area contributed by atoms with Crippen molar-refractivity contribution < 1.29 is 4.39 Å². The molecule has 0 bridgehead atoms. The van der Waals surface area contributed by atoms with Crippen molar-refractivity contribution in [2.45, 2.75) is 25.7 Å². The van der Waals surface area contributed by atoms with Crippen LogP contribution < -0.4 is 10.6 Å². The van der Waals surface area contributed by atoms with Gasteiger partial charge in [-0.25, -0.2) is 9.37 Å². The SMILES string of the molecule is CN=C(NCCc1ccc(Cl)nc1)NCC(C)(C)c1ccccc1F. The molecule has 0 aliphatic carbocycles. The van der Waals surface area contributed by atoms with Crippen molar-refractivity contribution >= 4 is 17.6 Å². The van der Waals surface area contributed by atoms with Crippen molar-refractivity contribution in [2.24, 2.45) is 4.99 Å². The van der Waals surface area contributed by atoms with Crippen molar-refractivity contribution in [3.63, 3.8) is 0 Å². The second-order valence-electron chi connectivity index (χ2n) is 6.46. The number of halogens is 2. The number of benzene rings is 1. The quantitative estimate of drug-likeness (QED) is 0.469. The standard InChI is InChI=1S/C19H24ClFN4/c1-19(2,15-6-4-5-7-16(15)21)13-25-18(22-3)23-11-10-14-8-9-17(20)24-12-14/h4-9,12H,10-11,13H2,1-3H3,(H2,22,23,25). The van der Waals surface area contributed by atoms with E-state index in [9.17, 15) is 4.39 Å². The fourth-order valence-corrected chi connectivity index (χ4v) is 2.62. The summed E-state index contributed by atoms with van der Waals surface area (Å²) in [6.45, 7) is 5.29. The summed E-state index contributed by atoms with van der Waals surface area (Å²) < 4.78 is 14.0. The van der Waals surface area contributed by atoms with Gasteiger partial charge in [0.05, 0.1) is 0 Å². The lowest BCUT2D eigenvalue weighted by molar-refractivity contribution is 0.473. The van der Waals surface area contributed by atoms with Crippen molar-refractivity contribution in [2.75, 3.05) is 20.1 Å². The van der Waals surface area contributed by atoms with Crippen LogP contribution in [0.1, 0.15) is 25.0 Å². The Morgan fingerprint density at radius 3 is 2.60 bits per heavy atom. The summed E-state index contributed by atoms with van der Waals surface area (Å²) in [5.41, 5.74) is 1.42. The fourth-order valence-electron chi connectivity index (χ4n) is 2.51. The predicted octanol–water partition coefficient (Wildman–Crippen LogP) is 3.56. The molecular weight excluding hydrogens is 339 g/mol. The lowest BCUT2D eigenvalue weighted by Crippen LogP contribution is -2.44. The van der Waals surface area contributed by atoms with Crippen LogP contribution in [-0.2, 0) is 11.8 Å². The molecule has 1 aromatic heterocycles. The number of aliphatic imine (C=N–C) groups is 1. The van der Waals surface area contributed by atoms with Crippen LogP contribution >= 0.6 is 11.6 Å². The minimum absolute atomic E-state index is 0.188. The second kappa shape index (κ2) is 8.81. The van der Waals surface area contributed by atoms with Gasteiger partial charge in [0.2, 0.25) is 0 Å². The summed E-state index contributed by atoms with van der Waals surface area (Å²) in [5.74, 6) is 0.499. The molecule has 2 N–H and O–H groups in total. The van der Waals surface area contributed by atoms with E-state index in [0.717, 1.165) is 12.0 Å². The van der Waals surface area contributed by atoms with Crippen molar-refractivity contribution in [1.82, 2.24) is 15.6 Å². The molecule has 2 rings (SSSR count). The molecule has 0 unspecified atom stereocenters. The van der Waals surface area contributed by atoms with Gasteiger partial charge in [-0.15, -0.1) is 0 Å². The molecule has 4 nitrogen and oxygen atoms in total. The lowest BCUT2D eigenvalue weighted by atomic mass is 9.84. The van der Waals surface area contributed by atoms with Crippen LogP contribution in [-0.4, -0.2) is 31.1 Å². The third kappa shape index (κ3) is 5.71. The Balaban J connectivity index is 1.85. The second-order valence-corrected chi connectivity index (χ2v) is 6.84. The average Bonchev–Trinajstić information content (AvgIpc) is 2.59. The largest absolute Gasteiger partial charge is 0.356 e. The monoisotopic (exact) mass is 362 g/mol. The number of pyridine rings is 1. The zero-order valence-corrected chi connectivity index (χ0v) is 15.6. The topological polar surface area (TPSA) is 49.3 Å². The molecule has 1 aromatic carbocycles. The predicted molar refractivity (Wildman–Crippen MR) is 102 cm³/mol. The third-order valence-corrected chi connectivity index (χ3v) is 4.24. The van der Waals surface area contributed by atoms with Gasteiger partial charge in [-0.2, -0.15) is 0 Å². The Bertz CT molecular complexity index is 714. The van der Waals surface area contributed by atoms with Gasteiger partial charge < -0.3 is 10.6 Å². The van der Waals surface area contributed by atoms with E-state index in [0.29, 0.717) is 29.8 Å². The number of hydrogen-bond acceptors (Lipinski definition) is 2. The summed E-state index contributed by atoms with van der Waals surface area (Å²) in [6.07, 6.45) is 2.57. The van der Waals surface area contributed by atoms with Crippen LogP contribution in [0, 0.1) is 5.82 Å². The number of nitrogens with one attached hydrogen (secondary N) is 2. The first-order valence-electron chi connectivity index (χ1n) is 8.22. The highest BCUT2D eigenvalue weighted by Crippen LogP contribution is 2.24. The normalized spacial score (nSPS) is 12.1. The molecule has 0 atom stereocenters. The average molecular weight is 363 g/mol. The molecular formula is C19H24ClFN4. The Morgan fingerprint density at radius 2 is 1.96 bits per heavy atom. The molecule has 0 saturated carbocycles. The van der Waals surface area contributed by atoms with Crippen molar-refractivity contribution in [3.8, 4) is 0 Å². The van der Waals surface area contributed by atoms with Gasteiger partial charge in [-0.05, 0) is 29.7 Å². The molecule has 0 radical (unpaired) electrons. The molecule has 0 saturated heterocycles. The van der Waals surface area contributed by atoms with Crippen molar-refractivity contribution in [3.05, 3.63) is 64.7 Å². The molecule has 0 amide bonds. The molecule has 25 heavy (non-hydrogen) atoms. The maximum absolute atomic E-state index is 14.0. The smallest absolute Gasteiger partial charge is 0.191 e. The van der Waals surface area contributed by atoms with Crippen molar-refractivity contribution in [1.29, 1.82) is 0 Å². The molecule has 0 spiro atoms. The van der Waals surface area contributed by atoms with E-state index < -0.39 is 0 Å². The summed E-state index contributed by atoms with van der Waals surface area (Å²) in [6, 6.07) is 10.6. The van der Waals surface area contributed by atoms with Gasteiger partial charge in [0.25, 0.3) is 0 Å². The van der Waals surface area contributed by atoms with Crippen LogP contribution in [0.5, 0.6) is 0 Å². The molecule has 0 aliphatic heterocycles. The maximum Gasteiger partial charge on any atom is 0.191 e. The van der Waals surface area contributed by atoms with E-state index in [1.54, 1.807) is 25.4 Å². The molecule has 6 heteroatoms. The number of guanidine groups is 1. The number of hydrogen-bond donors (Lipinski definition) is 2.